The zero-order chi connectivity index (χ0) is 12.9. The summed E-state index contributed by atoms with van der Waals surface area (Å²) in [7, 11) is 0. The summed E-state index contributed by atoms with van der Waals surface area (Å²) in [5.41, 5.74) is 0.838. The number of aliphatic hydroxyl groups is 1. The van der Waals surface area contributed by atoms with E-state index in [1.165, 1.54) is 5.57 Å². The maximum Gasteiger partial charge on any atom is 0.126 e. The van der Waals surface area contributed by atoms with Crippen LogP contribution in [0.5, 0.6) is 0 Å². The molecule has 2 nitrogen and oxygen atoms in total. The zero-order valence-corrected chi connectivity index (χ0v) is 11.5. The van der Waals surface area contributed by atoms with Gasteiger partial charge in [-0.25, -0.2) is 0 Å². The summed E-state index contributed by atoms with van der Waals surface area (Å²) < 4.78 is 0. The van der Waals surface area contributed by atoms with Crippen LogP contribution in [0, 0.1) is 5.41 Å². The fourth-order valence-electron chi connectivity index (χ4n) is 2.45. The van der Waals surface area contributed by atoms with Crippen LogP contribution in [0.2, 0.25) is 0 Å². The molecule has 0 bridgehead atoms. The van der Waals surface area contributed by atoms with Crippen LogP contribution in [0.15, 0.2) is 11.6 Å². The molecule has 98 valence electrons. The molecule has 0 aromatic carbocycles. The average Bonchev–Trinajstić information content (AvgIpc) is 2.29. The number of carbonyl (C=O) groups is 1. The molecular formula is C15H26O2. The van der Waals surface area contributed by atoms with Gasteiger partial charge in [-0.3, -0.25) is 0 Å². The lowest BCUT2D eigenvalue weighted by atomic mass is 9.73. The molecule has 0 saturated heterocycles. The number of carbonyl (C=O) groups excluding carboxylic acids is 1. The Hall–Kier alpha value is -0.630. The van der Waals surface area contributed by atoms with Crippen molar-refractivity contribution < 1.29 is 9.90 Å². The van der Waals surface area contributed by atoms with Gasteiger partial charge in [0.1, 0.15) is 6.29 Å². The highest BCUT2D eigenvalue weighted by Crippen LogP contribution is 2.37. The molecule has 1 aliphatic rings. The highest BCUT2D eigenvalue weighted by Gasteiger charge is 2.29. The standard InChI is InChI=1S/C15H26O2/c1-4-15(12-16)10-7-13(8-11-15)6-5-9-14(2,3)17/h7,12,17H,4-6,8-11H2,1-3H3. The van der Waals surface area contributed by atoms with Crippen molar-refractivity contribution in [3.05, 3.63) is 11.6 Å². The first kappa shape index (κ1) is 14.4. The molecule has 2 heteroatoms. The number of allylic oxidation sites excluding steroid dienone is 2. The van der Waals surface area contributed by atoms with E-state index in [2.05, 4.69) is 13.0 Å². The van der Waals surface area contributed by atoms with Crippen molar-refractivity contribution in [2.24, 2.45) is 5.41 Å². The van der Waals surface area contributed by atoms with Gasteiger partial charge in [0.25, 0.3) is 0 Å². The molecule has 1 atom stereocenters. The Morgan fingerprint density at radius 1 is 1.53 bits per heavy atom. The minimum Gasteiger partial charge on any atom is -0.390 e. The van der Waals surface area contributed by atoms with Crippen LogP contribution in [0.1, 0.15) is 65.7 Å². The number of rotatable bonds is 6. The largest absolute Gasteiger partial charge is 0.390 e. The molecule has 0 aromatic rings. The predicted octanol–water partition coefficient (Wildman–Crippen LogP) is 3.63. The molecule has 0 aliphatic heterocycles. The maximum atomic E-state index is 11.1. The third kappa shape index (κ3) is 4.63. The van der Waals surface area contributed by atoms with Crippen LogP contribution < -0.4 is 0 Å². The first-order valence-corrected chi connectivity index (χ1v) is 6.77. The van der Waals surface area contributed by atoms with E-state index in [1.54, 1.807) is 0 Å². The fraction of sp³-hybridized carbons (Fsp3) is 0.800. The van der Waals surface area contributed by atoms with Crippen LogP contribution in [-0.4, -0.2) is 17.0 Å². The van der Waals surface area contributed by atoms with E-state index < -0.39 is 5.60 Å². The Labute approximate surface area is 105 Å². The van der Waals surface area contributed by atoms with Crippen molar-refractivity contribution in [3.63, 3.8) is 0 Å². The van der Waals surface area contributed by atoms with E-state index in [0.717, 1.165) is 51.2 Å². The van der Waals surface area contributed by atoms with Crippen LogP contribution in [0.25, 0.3) is 0 Å². The van der Waals surface area contributed by atoms with Crippen molar-refractivity contribution in [1.82, 2.24) is 0 Å². The highest BCUT2D eigenvalue weighted by atomic mass is 16.3. The van der Waals surface area contributed by atoms with E-state index in [0.29, 0.717) is 0 Å². The Balaban J connectivity index is 2.39. The van der Waals surface area contributed by atoms with Gasteiger partial charge in [0.2, 0.25) is 0 Å². The van der Waals surface area contributed by atoms with Crippen LogP contribution in [0.3, 0.4) is 0 Å². The molecule has 0 amide bonds. The van der Waals surface area contributed by atoms with Crippen molar-refractivity contribution in [2.45, 2.75) is 71.3 Å². The molecule has 0 heterocycles. The van der Waals surface area contributed by atoms with Gasteiger partial charge in [0, 0.05) is 5.41 Å². The molecule has 0 aromatic heterocycles. The molecular weight excluding hydrogens is 212 g/mol. The first-order valence-electron chi connectivity index (χ1n) is 6.77. The molecule has 1 aliphatic carbocycles. The average molecular weight is 238 g/mol. The second-order valence-electron chi connectivity index (χ2n) is 6.07. The number of hydrogen-bond donors (Lipinski definition) is 1. The molecule has 17 heavy (non-hydrogen) atoms. The summed E-state index contributed by atoms with van der Waals surface area (Å²) in [6.45, 7) is 5.81. The van der Waals surface area contributed by atoms with Crippen molar-refractivity contribution in [1.29, 1.82) is 0 Å². The topological polar surface area (TPSA) is 37.3 Å². The van der Waals surface area contributed by atoms with Crippen molar-refractivity contribution in [3.8, 4) is 0 Å². The Bertz CT molecular complexity index is 286. The normalized spacial score (nSPS) is 25.5. The second-order valence-corrected chi connectivity index (χ2v) is 6.07. The summed E-state index contributed by atoms with van der Waals surface area (Å²) in [6, 6.07) is 0. The summed E-state index contributed by atoms with van der Waals surface area (Å²) in [5, 5.41) is 9.64. The SMILES string of the molecule is CCC1(C=O)CC=C(CCCC(C)(C)O)CC1. The van der Waals surface area contributed by atoms with E-state index in [-0.39, 0.29) is 5.41 Å². The lowest BCUT2D eigenvalue weighted by Gasteiger charge is -2.30. The van der Waals surface area contributed by atoms with Gasteiger partial charge >= 0.3 is 0 Å². The minimum absolute atomic E-state index is 0.0836. The quantitative estimate of drug-likeness (QED) is 0.566. The lowest BCUT2D eigenvalue weighted by Crippen LogP contribution is -2.24. The predicted molar refractivity (Wildman–Crippen MR) is 70.9 cm³/mol. The van der Waals surface area contributed by atoms with Crippen LogP contribution >= 0.6 is 0 Å². The number of aldehydes is 1. The molecule has 0 saturated carbocycles. The summed E-state index contributed by atoms with van der Waals surface area (Å²) in [5.74, 6) is 0. The minimum atomic E-state index is -0.550. The van der Waals surface area contributed by atoms with Crippen LogP contribution in [-0.2, 0) is 4.79 Å². The fourth-order valence-corrected chi connectivity index (χ4v) is 2.45. The van der Waals surface area contributed by atoms with Crippen molar-refractivity contribution in [2.75, 3.05) is 0 Å². The smallest absolute Gasteiger partial charge is 0.126 e. The van der Waals surface area contributed by atoms with E-state index in [4.69, 9.17) is 0 Å². The van der Waals surface area contributed by atoms with Gasteiger partial charge in [0.05, 0.1) is 5.60 Å². The molecule has 1 rings (SSSR count). The zero-order valence-electron chi connectivity index (χ0n) is 11.5. The molecule has 1 unspecified atom stereocenters. The molecule has 1 N–H and O–H groups in total. The van der Waals surface area contributed by atoms with Gasteiger partial charge in [-0.15, -0.1) is 0 Å². The Kier molecular flexibility index (Phi) is 4.93. The van der Waals surface area contributed by atoms with E-state index >= 15 is 0 Å². The second kappa shape index (κ2) is 5.81. The molecule has 0 spiro atoms. The molecule has 0 fully saturated rings. The maximum absolute atomic E-state index is 11.1. The molecule has 0 radical (unpaired) electrons. The monoisotopic (exact) mass is 238 g/mol. The lowest BCUT2D eigenvalue weighted by molar-refractivity contribution is -0.116. The van der Waals surface area contributed by atoms with Crippen molar-refractivity contribution >= 4 is 6.29 Å². The van der Waals surface area contributed by atoms with E-state index in [9.17, 15) is 9.90 Å². The summed E-state index contributed by atoms with van der Waals surface area (Å²) >= 11 is 0. The van der Waals surface area contributed by atoms with Gasteiger partial charge in [0.15, 0.2) is 0 Å². The van der Waals surface area contributed by atoms with Gasteiger partial charge < -0.3 is 9.90 Å². The first-order chi connectivity index (χ1) is 7.91. The Morgan fingerprint density at radius 3 is 2.65 bits per heavy atom. The third-order valence-electron chi connectivity index (χ3n) is 3.98. The van der Waals surface area contributed by atoms with Gasteiger partial charge in [-0.05, 0) is 58.8 Å². The number of hydrogen-bond acceptors (Lipinski definition) is 2. The van der Waals surface area contributed by atoms with Gasteiger partial charge in [-0.2, -0.15) is 0 Å². The summed E-state index contributed by atoms with van der Waals surface area (Å²) in [4.78, 5) is 11.1. The highest BCUT2D eigenvalue weighted by molar-refractivity contribution is 5.60. The third-order valence-corrected chi connectivity index (χ3v) is 3.98. The summed E-state index contributed by atoms with van der Waals surface area (Å²) in [6.07, 6.45) is 10.3. The Morgan fingerprint density at radius 2 is 2.24 bits per heavy atom. The van der Waals surface area contributed by atoms with E-state index in [1.807, 2.05) is 13.8 Å². The van der Waals surface area contributed by atoms with Crippen LogP contribution in [0.4, 0.5) is 0 Å². The van der Waals surface area contributed by atoms with Gasteiger partial charge in [-0.1, -0.05) is 18.6 Å².